The summed E-state index contributed by atoms with van der Waals surface area (Å²) in [7, 11) is 0. The van der Waals surface area contributed by atoms with E-state index in [4.69, 9.17) is 4.74 Å². The summed E-state index contributed by atoms with van der Waals surface area (Å²) < 4.78 is 58.4. The molecule has 1 N–H and O–H groups in total. The molecule has 2 aromatic rings. The van der Waals surface area contributed by atoms with Gasteiger partial charge in [-0.15, -0.1) is 0 Å². The third-order valence-corrected chi connectivity index (χ3v) is 3.54. The van der Waals surface area contributed by atoms with E-state index in [-0.39, 0.29) is 12.3 Å². The standard InChI is InChI=1S/C18H16F4N2O3/c1-2-24(9-16(25)23-18-12(20)4-3-5-13(18)21)17(26)10-27-15-7-6-11(19)8-14(15)22/h3-8H,2,9-10H2,1H3,(H,23,25). The number of nitrogens with zero attached hydrogens (tertiary/aromatic N) is 1. The molecule has 0 aliphatic rings. The highest BCUT2D eigenvalue weighted by atomic mass is 19.1. The molecule has 0 fully saturated rings. The minimum Gasteiger partial charge on any atom is -0.481 e. The normalized spacial score (nSPS) is 10.4. The number of para-hydroxylation sites is 1. The number of nitrogens with one attached hydrogen (secondary N) is 1. The maximum absolute atomic E-state index is 13.5. The van der Waals surface area contributed by atoms with E-state index in [1.807, 2.05) is 0 Å². The Kier molecular flexibility index (Phi) is 6.75. The number of halogens is 4. The van der Waals surface area contributed by atoms with Crippen molar-refractivity contribution in [3.8, 4) is 5.75 Å². The molecule has 0 saturated carbocycles. The number of ether oxygens (including phenoxy) is 1. The lowest BCUT2D eigenvalue weighted by Gasteiger charge is -2.20. The number of hydrogen-bond acceptors (Lipinski definition) is 3. The fourth-order valence-corrected chi connectivity index (χ4v) is 2.17. The highest BCUT2D eigenvalue weighted by Crippen LogP contribution is 2.19. The first-order valence-corrected chi connectivity index (χ1v) is 7.91. The first kappa shape index (κ1) is 20.2. The predicted octanol–water partition coefficient (Wildman–Crippen LogP) is 3.11. The van der Waals surface area contributed by atoms with E-state index in [1.54, 1.807) is 6.92 Å². The summed E-state index contributed by atoms with van der Waals surface area (Å²) in [6, 6.07) is 5.71. The van der Waals surface area contributed by atoms with Crippen molar-refractivity contribution in [3.05, 3.63) is 59.7 Å². The second-order valence-corrected chi connectivity index (χ2v) is 5.42. The Morgan fingerprint density at radius 1 is 1.04 bits per heavy atom. The van der Waals surface area contributed by atoms with E-state index in [0.717, 1.165) is 35.2 Å². The molecule has 2 aromatic carbocycles. The first-order valence-electron chi connectivity index (χ1n) is 7.91. The van der Waals surface area contributed by atoms with E-state index in [1.165, 1.54) is 0 Å². The molecule has 0 aromatic heterocycles. The van der Waals surface area contributed by atoms with Gasteiger partial charge in [0.05, 0.1) is 6.54 Å². The average molecular weight is 384 g/mol. The van der Waals surface area contributed by atoms with Crippen molar-refractivity contribution in [2.24, 2.45) is 0 Å². The quantitative estimate of drug-likeness (QED) is 0.747. The van der Waals surface area contributed by atoms with Crippen LogP contribution in [-0.2, 0) is 9.59 Å². The molecular weight excluding hydrogens is 368 g/mol. The van der Waals surface area contributed by atoms with Gasteiger partial charge in [0.1, 0.15) is 23.1 Å². The summed E-state index contributed by atoms with van der Waals surface area (Å²) in [5.41, 5.74) is -0.615. The van der Waals surface area contributed by atoms with Crippen LogP contribution in [0.25, 0.3) is 0 Å². The Hall–Kier alpha value is -3.10. The number of rotatable bonds is 7. The number of anilines is 1. The number of carbonyl (C=O) groups excluding carboxylic acids is 2. The third kappa shape index (κ3) is 5.44. The number of hydrogen-bond donors (Lipinski definition) is 1. The molecule has 0 atom stereocenters. The first-order chi connectivity index (χ1) is 12.8. The Bertz CT molecular complexity index is 825. The summed E-state index contributed by atoms with van der Waals surface area (Å²) >= 11 is 0. The molecule has 0 heterocycles. The minimum absolute atomic E-state index is 0.0985. The number of carbonyl (C=O) groups is 2. The fraction of sp³-hybridized carbons (Fsp3) is 0.222. The topological polar surface area (TPSA) is 58.6 Å². The van der Waals surface area contributed by atoms with Crippen LogP contribution in [0, 0.1) is 23.3 Å². The van der Waals surface area contributed by atoms with Gasteiger partial charge in [0.25, 0.3) is 5.91 Å². The van der Waals surface area contributed by atoms with Crippen LogP contribution in [-0.4, -0.2) is 36.4 Å². The monoisotopic (exact) mass is 384 g/mol. The molecule has 0 aliphatic carbocycles. The van der Waals surface area contributed by atoms with E-state index >= 15 is 0 Å². The van der Waals surface area contributed by atoms with Gasteiger partial charge in [-0.25, -0.2) is 17.6 Å². The summed E-state index contributed by atoms with van der Waals surface area (Å²) in [6.45, 7) is 0.588. The van der Waals surface area contributed by atoms with Crippen molar-refractivity contribution in [2.45, 2.75) is 6.92 Å². The Morgan fingerprint density at radius 3 is 2.30 bits per heavy atom. The van der Waals surface area contributed by atoms with Gasteiger partial charge in [-0.2, -0.15) is 0 Å². The lowest BCUT2D eigenvalue weighted by Crippen LogP contribution is -2.40. The maximum Gasteiger partial charge on any atom is 0.260 e. The molecule has 0 radical (unpaired) electrons. The largest absolute Gasteiger partial charge is 0.481 e. The molecule has 9 heteroatoms. The average Bonchev–Trinajstić information content (AvgIpc) is 2.62. The van der Waals surface area contributed by atoms with Crippen LogP contribution in [0.3, 0.4) is 0 Å². The molecule has 0 unspecified atom stereocenters. The van der Waals surface area contributed by atoms with Crippen molar-refractivity contribution in [3.63, 3.8) is 0 Å². The molecule has 0 aliphatic heterocycles. The zero-order chi connectivity index (χ0) is 20.0. The molecule has 2 amide bonds. The summed E-state index contributed by atoms with van der Waals surface area (Å²) in [6.07, 6.45) is 0. The Morgan fingerprint density at radius 2 is 1.70 bits per heavy atom. The van der Waals surface area contributed by atoms with Gasteiger partial charge in [-0.3, -0.25) is 9.59 Å². The number of amides is 2. The van der Waals surface area contributed by atoms with Gasteiger partial charge in [-0.05, 0) is 31.2 Å². The van der Waals surface area contributed by atoms with Gasteiger partial charge >= 0.3 is 0 Å². The highest BCUT2D eigenvalue weighted by molar-refractivity contribution is 5.94. The lowest BCUT2D eigenvalue weighted by atomic mass is 10.3. The molecule has 27 heavy (non-hydrogen) atoms. The van der Waals surface area contributed by atoms with Gasteiger partial charge in [0.2, 0.25) is 5.91 Å². The zero-order valence-corrected chi connectivity index (χ0v) is 14.3. The van der Waals surface area contributed by atoms with Crippen molar-refractivity contribution in [1.29, 1.82) is 0 Å². The molecule has 2 rings (SSSR count). The van der Waals surface area contributed by atoms with Crippen LogP contribution in [0.2, 0.25) is 0 Å². The summed E-state index contributed by atoms with van der Waals surface area (Å²) in [4.78, 5) is 25.2. The third-order valence-electron chi connectivity index (χ3n) is 3.54. The predicted molar refractivity (Wildman–Crippen MR) is 89.1 cm³/mol. The Labute approximate surface area is 152 Å². The number of benzene rings is 2. The van der Waals surface area contributed by atoms with Crippen LogP contribution in [0.1, 0.15) is 6.92 Å². The van der Waals surface area contributed by atoms with E-state index in [0.29, 0.717) is 6.07 Å². The zero-order valence-electron chi connectivity index (χ0n) is 14.3. The van der Waals surface area contributed by atoms with Gasteiger partial charge in [-0.1, -0.05) is 6.07 Å². The maximum atomic E-state index is 13.5. The van der Waals surface area contributed by atoms with Crippen LogP contribution >= 0.6 is 0 Å². The lowest BCUT2D eigenvalue weighted by molar-refractivity contribution is -0.136. The SMILES string of the molecule is CCN(CC(=O)Nc1c(F)cccc1F)C(=O)COc1ccc(F)cc1F. The van der Waals surface area contributed by atoms with E-state index < -0.39 is 53.9 Å². The minimum atomic E-state index is -0.974. The van der Waals surface area contributed by atoms with Gasteiger partial charge in [0, 0.05) is 12.6 Å². The molecule has 0 spiro atoms. The van der Waals surface area contributed by atoms with E-state index in [2.05, 4.69) is 5.32 Å². The van der Waals surface area contributed by atoms with Crippen molar-refractivity contribution in [1.82, 2.24) is 4.90 Å². The second-order valence-electron chi connectivity index (χ2n) is 5.42. The van der Waals surface area contributed by atoms with Crippen molar-refractivity contribution < 1.29 is 31.9 Å². The smallest absolute Gasteiger partial charge is 0.260 e. The molecule has 0 bridgehead atoms. The van der Waals surface area contributed by atoms with Crippen LogP contribution in [0.5, 0.6) is 5.75 Å². The van der Waals surface area contributed by atoms with Crippen LogP contribution < -0.4 is 10.1 Å². The van der Waals surface area contributed by atoms with Crippen molar-refractivity contribution in [2.75, 3.05) is 25.0 Å². The molecule has 144 valence electrons. The fourth-order valence-electron chi connectivity index (χ4n) is 2.17. The van der Waals surface area contributed by atoms with Gasteiger partial charge < -0.3 is 15.0 Å². The van der Waals surface area contributed by atoms with E-state index in [9.17, 15) is 27.2 Å². The van der Waals surface area contributed by atoms with Crippen LogP contribution in [0.4, 0.5) is 23.2 Å². The molecule has 5 nitrogen and oxygen atoms in total. The molecule has 0 saturated heterocycles. The number of likely N-dealkylation sites (N-methyl/N-ethyl adjacent to an activating group) is 1. The van der Waals surface area contributed by atoms with Crippen LogP contribution in [0.15, 0.2) is 36.4 Å². The summed E-state index contributed by atoms with van der Waals surface area (Å²) in [5.74, 6) is -5.47. The second kappa shape index (κ2) is 9.02. The van der Waals surface area contributed by atoms with Crippen molar-refractivity contribution >= 4 is 17.5 Å². The van der Waals surface area contributed by atoms with Gasteiger partial charge in [0.15, 0.2) is 18.2 Å². The Balaban J connectivity index is 1.95. The highest BCUT2D eigenvalue weighted by Gasteiger charge is 2.19. The summed E-state index contributed by atoms with van der Waals surface area (Å²) in [5, 5.41) is 2.06. The molecular formula is C18H16F4N2O3.